The molecule has 0 aliphatic heterocycles. The number of fused-ring (bicyclic) bond motifs is 1. The fraction of sp³-hybridized carbons (Fsp3) is 0.692. The number of allylic oxidation sites excluding steroid dienone is 4. The Balaban J connectivity index is 1.96. The van der Waals surface area contributed by atoms with Crippen LogP contribution in [0.3, 0.4) is 0 Å². The Hall–Kier alpha value is -0.000519. The zero-order valence-corrected chi connectivity index (χ0v) is 9.79. The predicted molar refractivity (Wildman–Crippen MR) is 54.7 cm³/mol. The Labute approximate surface area is 94.7 Å². The van der Waals surface area contributed by atoms with Gasteiger partial charge in [-0.25, -0.2) is 0 Å². The molecule has 0 amide bonds. The van der Waals surface area contributed by atoms with Gasteiger partial charge in [-0.15, -0.1) is 0 Å². The van der Waals surface area contributed by atoms with E-state index >= 15 is 0 Å². The summed E-state index contributed by atoms with van der Waals surface area (Å²) in [5.41, 5.74) is 7.11. The van der Waals surface area contributed by atoms with Crippen LogP contribution in [0, 0.1) is 0 Å². The third-order valence-electron chi connectivity index (χ3n) is 4.00. The summed E-state index contributed by atoms with van der Waals surface area (Å²) in [4.78, 5) is 0.705. The molecule has 0 spiro atoms. The topological polar surface area (TPSA) is 0 Å². The van der Waals surface area contributed by atoms with Crippen molar-refractivity contribution in [3.8, 4) is 0 Å². The third-order valence-corrected chi connectivity index (χ3v) is 4.75. The van der Waals surface area contributed by atoms with Gasteiger partial charge in [0.1, 0.15) is 0 Å². The van der Waals surface area contributed by atoms with Crippen LogP contribution < -0.4 is 0 Å². The molecule has 3 aliphatic carbocycles. The second-order valence-electron chi connectivity index (χ2n) is 4.83. The van der Waals surface area contributed by atoms with Gasteiger partial charge in [0.15, 0.2) is 0 Å². The van der Waals surface area contributed by atoms with Gasteiger partial charge in [-0.05, 0) is 0 Å². The van der Waals surface area contributed by atoms with Crippen LogP contribution in [0.1, 0.15) is 51.4 Å². The van der Waals surface area contributed by atoms with E-state index in [2.05, 4.69) is 16.0 Å². The molecule has 3 rings (SSSR count). The summed E-state index contributed by atoms with van der Waals surface area (Å²) >= 11 is 3.84. The van der Waals surface area contributed by atoms with Crippen LogP contribution in [0.2, 0.25) is 4.82 Å². The van der Waals surface area contributed by atoms with E-state index in [4.69, 9.17) is 0 Å². The van der Waals surface area contributed by atoms with Gasteiger partial charge < -0.3 is 0 Å². The zero-order valence-electron chi connectivity index (χ0n) is 8.61. The van der Waals surface area contributed by atoms with Crippen molar-refractivity contribution >= 4 is 0 Å². The quantitative estimate of drug-likeness (QED) is 0.548. The van der Waals surface area contributed by atoms with Crippen molar-refractivity contribution in [3.63, 3.8) is 0 Å². The van der Waals surface area contributed by atoms with Crippen molar-refractivity contribution in [2.75, 3.05) is 0 Å². The van der Waals surface area contributed by atoms with Gasteiger partial charge in [0.05, 0.1) is 0 Å². The molecular formula is C13H17Mn. The molecule has 76 valence electrons. The summed E-state index contributed by atoms with van der Waals surface area (Å²) in [6.07, 6.45) is 11.1. The number of rotatable bonds is 0. The molecule has 0 bridgehead atoms. The maximum atomic E-state index is 3.84. The molecule has 1 heteroatoms. The van der Waals surface area contributed by atoms with Crippen molar-refractivity contribution in [3.05, 3.63) is 22.3 Å². The van der Waals surface area contributed by atoms with Crippen molar-refractivity contribution in [2.24, 2.45) is 0 Å². The molecule has 1 unspecified atom stereocenters. The van der Waals surface area contributed by atoms with Crippen molar-refractivity contribution in [1.29, 1.82) is 0 Å². The van der Waals surface area contributed by atoms with Crippen molar-refractivity contribution < 1.29 is 16.0 Å². The molecule has 0 radical (unpaired) electrons. The number of hydrogen-bond donors (Lipinski definition) is 0. The van der Waals surface area contributed by atoms with E-state index in [9.17, 15) is 0 Å². The van der Waals surface area contributed by atoms with Crippen LogP contribution in [-0.2, 0) is 16.0 Å². The minimum atomic E-state index is 0.705. The molecule has 0 nitrogen and oxygen atoms in total. The molecule has 0 N–H and O–H groups in total. The standard InChI is InChI=1S/C13H17.Mn/c1-3-7-12-10(5-1)9-11-6-2-4-8-13(11)12;/h5H,1-4,6-9H2;. The van der Waals surface area contributed by atoms with Gasteiger partial charge in [-0.1, -0.05) is 0 Å². The van der Waals surface area contributed by atoms with Crippen molar-refractivity contribution in [2.45, 2.75) is 56.2 Å². The van der Waals surface area contributed by atoms with E-state index in [1.54, 1.807) is 22.3 Å². The summed E-state index contributed by atoms with van der Waals surface area (Å²) in [5.74, 6) is 0. The van der Waals surface area contributed by atoms with E-state index in [1.165, 1.54) is 51.4 Å². The third kappa shape index (κ3) is 1.33. The first-order valence-electron chi connectivity index (χ1n) is 5.93. The Bertz CT molecular complexity index is 322. The zero-order chi connectivity index (χ0) is 9.54. The van der Waals surface area contributed by atoms with Crippen LogP contribution in [0.25, 0.3) is 0 Å². The molecule has 3 aliphatic rings. The van der Waals surface area contributed by atoms with E-state index in [1.807, 2.05) is 0 Å². The second-order valence-corrected chi connectivity index (χ2v) is 5.65. The van der Waals surface area contributed by atoms with E-state index in [0.29, 0.717) is 4.82 Å². The molecule has 0 saturated carbocycles. The molecule has 0 aromatic heterocycles. The molecule has 14 heavy (non-hydrogen) atoms. The maximum absolute atomic E-state index is 3.84. The van der Waals surface area contributed by atoms with Crippen LogP contribution in [0.5, 0.6) is 0 Å². The first-order valence-corrected chi connectivity index (χ1v) is 6.61. The SMILES string of the molecule is [Mn][CH]1CCCC2=C1CC1=C2CCCC1. The summed E-state index contributed by atoms with van der Waals surface area (Å²) in [7, 11) is 0. The van der Waals surface area contributed by atoms with Gasteiger partial charge in [0.25, 0.3) is 0 Å². The van der Waals surface area contributed by atoms with Crippen LogP contribution >= 0.6 is 0 Å². The van der Waals surface area contributed by atoms with Crippen LogP contribution in [-0.4, -0.2) is 0 Å². The number of hydrogen-bond acceptors (Lipinski definition) is 0. The van der Waals surface area contributed by atoms with Gasteiger partial charge in [-0.2, -0.15) is 0 Å². The first kappa shape index (κ1) is 9.24. The Morgan fingerprint density at radius 2 is 1.71 bits per heavy atom. The van der Waals surface area contributed by atoms with Gasteiger partial charge in [0.2, 0.25) is 0 Å². The summed E-state index contributed by atoms with van der Waals surface area (Å²) in [5, 5.41) is 0. The molecule has 0 saturated heterocycles. The summed E-state index contributed by atoms with van der Waals surface area (Å²) in [6.45, 7) is 0. The molecule has 0 aromatic rings. The molecule has 1 atom stereocenters. The predicted octanol–water partition coefficient (Wildman–Crippen LogP) is 4.08. The Kier molecular flexibility index (Phi) is 2.34. The monoisotopic (exact) mass is 228 g/mol. The summed E-state index contributed by atoms with van der Waals surface area (Å²) in [6, 6.07) is 0. The molecule has 0 aromatic carbocycles. The van der Waals surface area contributed by atoms with Crippen LogP contribution in [0.4, 0.5) is 0 Å². The minimum absolute atomic E-state index is 0.705. The van der Waals surface area contributed by atoms with Gasteiger partial charge in [0, 0.05) is 0 Å². The average Bonchev–Trinajstić information content (AvgIpc) is 2.59. The Morgan fingerprint density at radius 1 is 0.929 bits per heavy atom. The van der Waals surface area contributed by atoms with E-state index in [-0.39, 0.29) is 0 Å². The van der Waals surface area contributed by atoms with E-state index < -0.39 is 0 Å². The van der Waals surface area contributed by atoms with Crippen molar-refractivity contribution in [1.82, 2.24) is 0 Å². The first-order chi connectivity index (χ1) is 6.86. The average molecular weight is 228 g/mol. The molecule has 0 fully saturated rings. The Morgan fingerprint density at radius 3 is 2.64 bits per heavy atom. The summed E-state index contributed by atoms with van der Waals surface area (Å²) < 4.78 is 0. The molecular weight excluding hydrogens is 211 g/mol. The van der Waals surface area contributed by atoms with E-state index in [0.717, 1.165) is 0 Å². The van der Waals surface area contributed by atoms with Gasteiger partial charge >= 0.3 is 94.5 Å². The molecule has 0 heterocycles. The normalized spacial score (nSPS) is 31.9. The van der Waals surface area contributed by atoms with Gasteiger partial charge in [-0.3, -0.25) is 0 Å². The fourth-order valence-corrected chi connectivity index (χ4v) is 3.87. The second kappa shape index (κ2) is 3.54. The van der Waals surface area contributed by atoms with Crippen LogP contribution in [0.15, 0.2) is 22.3 Å². The fourth-order valence-electron chi connectivity index (χ4n) is 3.30.